The molecule has 4 rings (SSSR count). The predicted molar refractivity (Wildman–Crippen MR) is 115 cm³/mol. The molecule has 0 radical (unpaired) electrons. The van der Waals surface area contributed by atoms with Gasteiger partial charge in [-0.2, -0.15) is 0 Å². The maximum Gasteiger partial charge on any atom is 0.494 e. The number of ether oxygens (including phenoxy) is 1. The van der Waals surface area contributed by atoms with E-state index in [2.05, 4.69) is 62.8 Å². The first kappa shape index (κ1) is 18.9. The number of anilines is 2. The molecular weight excluding hydrogens is 351 g/mol. The largest absolute Gasteiger partial charge is 0.495 e. The third-order valence-corrected chi connectivity index (χ3v) is 5.97. The molecular formula is C22H27BN2O3. The molecule has 2 aromatic carbocycles. The van der Waals surface area contributed by atoms with Gasteiger partial charge in [-0.05, 0) is 57.4 Å². The van der Waals surface area contributed by atoms with Gasteiger partial charge in [-0.3, -0.25) is 0 Å². The molecule has 28 heavy (non-hydrogen) atoms. The number of rotatable bonds is 4. The summed E-state index contributed by atoms with van der Waals surface area (Å²) >= 11 is 0. The van der Waals surface area contributed by atoms with Gasteiger partial charge < -0.3 is 23.9 Å². The van der Waals surface area contributed by atoms with Crippen LogP contribution >= 0.6 is 0 Å². The smallest absolute Gasteiger partial charge is 0.494 e. The number of methoxy groups -OCH3 is 1. The van der Waals surface area contributed by atoms with Crippen LogP contribution in [0.5, 0.6) is 5.75 Å². The first-order valence-corrected chi connectivity index (χ1v) is 9.57. The van der Waals surface area contributed by atoms with Crippen molar-refractivity contribution in [3.63, 3.8) is 0 Å². The molecule has 0 bridgehead atoms. The van der Waals surface area contributed by atoms with E-state index in [0.29, 0.717) is 0 Å². The lowest BCUT2D eigenvalue weighted by molar-refractivity contribution is 0.00578. The van der Waals surface area contributed by atoms with Crippen LogP contribution in [0, 0.1) is 0 Å². The Morgan fingerprint density at radius 2 is 1.64 bits per heavy atom. The highest BCUT2D eigenvalue weighted by Crippen LogP contribution is 2.37. The van der Waals surface area contributed by atoms with E-state index in [4.69, 9.17) is 14.0 Å². The lowest BCUT2D eigenvalue weighted by Gasteiger charge is -2.32. The van der Waals surface area contributed by atoms with E-state index >= 15 is 0 Å². The van der Waals surface area contributed by atoms with Crippen molar-refractivity contribution in [1.29, 1.82) is 0 Å². The van der Waals surface area contributed by atoms with Gasteiger partial charge in [0.1, 0.15) is 11.6 Å². The fraction of sp³-hybridized carbons (Fsp3) is 0.364. The van der Waals surface area contributed by atoms with Gasteiger partial charge in [0, 0.05) is 18.0 Å². The SMILES string of the molecule is COc1cc(B2OC(C)(C)C(C)(C)O2)ccc1Nc1cc2ccccc2n1C. The summed E-state index contributed by atoms with van der Waals surface area (Å²) in [6, 6.07) is 16.5. The zero-order valence-corrected chi connectivity index (χ0v) is 17.4. The van der Waals surface area contributed by atoms with E-state index in [0.717, 1.165) is 22.7 Å². The molecule has 0 saturated carbocycles. The maximum absolute atomic E-state index is 6.16. The van der Waals surface area contributed by atoms with Crippen molar-refractivity contribution >= 4 is 35.0 Å². The molecule has 5 nitrogen and oxygen atoms in total. The number of hydrogen-bond donors (Lipinski definition) is 1. The Balaban J connectivity index is 1.63. The topological polar surface area (TPSA) is 44.6 Å². The van der Waals surface area contributed by atoms with Crippen molar-refractivity contribution in [1.82, 2.24) is 4.57 Å². The molecule has 2 heterocycles. The van der Waals surface area contributed by atoms with Gasteiger partial charge in [-0.1, -0.05) is 24.3 Å². The van der Waals surface area contributed by atoms with Crippen LogP contribution in [0.2, 0.25) is 0 Å². The molecule has 146 valence electrons. The van der Waals surface area contributed by atoms with Crippen LogP contribution in [0.1, 0.15) is 27.7 Å². The van der Waals surface area contributed by atoms with Gasteiger partial charge in [-0.25, -0.2) is 0 Å². The number of nitrogens with zero attached hydrogens (tertiary/aromatic N) is 1. The Labute approximate surface area is 166 Å². The molecule has 0 spiro atoms. The van der Waals surface area contributed by atoms with E-state index in [1.165, 1.54) is 10.9 Å². The molecule has 1 fully saturated rings. The van der Waals surface area contributed by atoms with Crippen LogP contribution in [0.15, 0.2) is 48.5 Å². The number of aromatic nitrogens is 1. The Morgan fingerprint density at radius 3 is 2.29 bits per heavy atom. The van der Waals surface area contributed by atoms with Gasteiger partial charge in [0.15, 0.2) is 0 Å². The zero-order valence-electron chi connectivity index (χ0n) is 17.4. The molecule has 1 N–H and O–H groups in total. The van der Waals surface area contributed by atoms with Gasteiger partial charge >= 0.3 is 7.12 Å². The summed E-state index contributed by atoms with van der Waals surface area (Å²) in [6.45, 7) is 8.22. The van der Waals surface area contributed by atoms with Crippen LogP contribution in [0.25, 0.3) is 10.9 Å². The first-order chi connectivity index (χ1) is 13.2. The highest BCUT2D eigenvalue weighted by molar-refractivity contribution is 6.62. The fourth-order valence-corrected chi connectivity index (χ4v) is 3.48. The minimum absolute atomic E-state index is 0.370. The Morgan fingerprint density at radius 1 is 0.964 bits per heavy atom. The average molecular weight is 378 g/mol. The molecule has 0 atom stereocenters. The van der Waals surface area contributed by atoms with E-state index in [-0.39, 0.29) is 11.2 Å². The van der Waals surface area contributed by atoms with E-state index in [9.17, 15) is 0 Å². The molecule has 1 aromatic heterocycles. The van der Waals surface area contributed by atoms with Crippen molar-refractivity contribution < 1.29 is 14.0 Å². The van der Waals surface area contributed by atoms with Crippen LogP contribution in [0.3, 0.4) is 0 Å². The summed E-state index contributed by atoms with van der Waals surface area (Å²) in [5.74, 6) is 1.75. The van der Waals surface area contributed by atoms with Gasteiger partial charge in [0.2, 0.25) is 0 Å². The summed E-state index contributed by atoms with van der Waals surface area (Å²) < 4.78 is 20.1. The Bertz CT molecular complexity index is 1010. The summed E-state index contributed by atoms with van der Waals surface area (Å²) in [5, 5.41) is 4.68. The molecule has 3 aromatic rings. The number of nitrogens with one attached hydrogen (secondary N) is 1. The summed E-state index contributed by atoms with van der Waals surface area (Å²) in [7, 11) is 3.32. The highest BCUT2D eigenvalue weighted by Gasteiger charge is 2.51. The highest BCUT2D eigenvalue weighted by atomic mass is 16.7. The number of para-hydroxylation sites is 1. The third kappa shape index (κ3) is 3.07. The van der Waals surface area contributed by atoms with Crippen LogP contribution in [0.4, 0.5) is 11.5 Å². The number of hydrogen-bond acceptors (Lipinski definition) is 4. The van der Waals surface area contributed by atoms with Crippen molar-refractivity contribution in [2.75, 3.05) is 12.4 Å². The number of benzene rings is 2. The summed E-state index contributed by atoms with van der Waals surface area (Å²) in [4.78, 5) is 0. The molecule has 0 amide bonds. The summed E-state index contributed by atoms with van der Waals surface area (Å²) in [6.07, 6.45) is 0. The zero-order chi connectivity index (χ0) is 20.1. The van der Waals surface area contributed by atoms with E-state index < -0.39 is 7.12 Å². The third-order valence-electron chi connectivity index (χ3n) is 5.97. The molecule has 0 unspecified atom stereocenters. The van der Waals surface area contributed by atoms with Crippen molar-refractivity contribution in [3.8, 4) is 5.75 Å². The van der Waals surface area contributed by atoms with Crippen LogP contribution in [-0.4, -0.2) is 30.0 Å². The van der Waals surface area contributed by atoms with Crippen molar-refractivity contribution in [3.05, 3.63) is 48.5 Å². The summed E-state index contributed by atoms with van der Waals surface area (Å²) in [5.41, 5.74) is 2.28. The average Bonchev–Trinajstić information content (AvgIpc) is 3.08. The standard InChI is InChI=1S/C22H27BN2O3/c1-21(2)22(3,4)28-23(27-21)16-11-12-17(19(14-16)26-6)24-20-13-15-9-7-8-10-18(15)25(20)5/h7-14,24H,1-6H3. The maximum atomic E-state index is 6.16. The Kier molecular flexibility index (Phi) is 4.44. The minimum Gasteiger partial charge on any atom is -0.495 e. The second-order valence-electron chi connectivity index (χ2n) is 8.32. The fourth-order valence-electron chi connectivity index (χ4n) is 3.48. The molecule has 1 aliphatic rings. The minimum atomic E-state index is -0.412. The van der Waals surface area contributed by atoms with Gasteiger partial charge in [-0.15, -0.1) is 0 Å². The quantitative estimate of drug-likeness (QED) is 0.691. The molecule has 1 aliphatic heterocycles. The lowest BCUT2D eigenvalue weighted by atomic mass is 9.79. The van der Waals surface area contributed by atoms with Crippen molar-refractivity contribution in [2.45, 2.75) is 38.9 Å². The van der Waals surface area contributed by atoms with Crippen LogP contribution in [-0.2, 0) is 16.4 Å². The molecule has 0 aliphatic carbocycles. The molecule has 6 heteroatoms. The van der Waals surface area contributed by atoms with Gasteiger partial charge in [0.05, 0.1) is 24.0 Å². The monoisotopic (exact) mass is 378 g/mol. The second-order valence-corrected chi connectivity index (χ2v) is 8.32. The lowest BCUT2D eigenvalue weighted by Crippen LogP contribution is -2.41. The van der Waals surface area contributed by atoms with E-state index in [1.807, 2.05) is 30.3 Å². The normalized spacial score (nSPS) is 17.9. The van der Waals surface area contributed by atoms with Crippen molar-refractivity contribution in [2.24, 2.45) is 7.05 Å². The predicted octanol–water partition coefficient (Wildman–Crippen LogP) is 4.23. The number of aryl methyl sites for hydroxylation is 1. The van der Waals surface area contributed by atoms with Gasteiger partial charge in [0.25, 0.3) is 0 Å². The van der Waals surface area contributed by atoms with E-state index in [1.54, 1.807) is 7.11 Å². The number of fused-ring (bicyclic) bond motifs is 1. The molecule has 1 saturated heterocycles. The Hall–Kier alpha value is -2.44. The first-order valence-electron chi connectivity index (χ1n) is 9.57. The second kappa shape index (κ2) is 6.57. The van der Waals surface area contributed by atoms with Crippen LogP contribution < -0.4 is 15.5 Å².